The number of likely N-dealkylation sites (tertiary alicyclic amines) is 1. The molecule has 1 aliphatic heterocycles. The third-order valence-corrected chi connectivity index (χ3v) is 6.43. The molecule has 4 aromatic rings. The van der Waals surface area contributed by atoms with Crippen LogP contribution < -0.4 is 5.32 Å². The van der Waals surface area contributed by atoms with Crippen LogP contribution in [0.15, 0.2) is 53.1 Å². The van der Waals surface area contributed by atoms with Gasteiger partial charge in [-0.25, -0.2) is 4.79 Å². The number of carbonyl (C=O) groups excluding carboxylic acids is 2. The van der Waals surface area contributed by atoms with E-state index in [1.807, 2.05) is 48.5 Å². The van der Waals surface area contributed by atoms with Gasteiger partial charge in [-0.05, 0) is 49.2 Å². The molecule has 33 heavy (non-hydrogen) atoms. The van der Waals surface area contributed by atoms with E-state index in [0.29, 0.717) is 35.6 Å². The van der Waals surface area contributed by atoms with E-state index < -0.39 is 0 Å². The molecule has 9 heteroatoms. The Balaban J connectivity index is 1.22. The van der Waals surface area contributed by atoms with Gasteiger partial charge in [0, 0.05) is 41.8 Å². The van der Waals surface area contributed by atoms with Crippen LogP contribution in [0.3, 0.4) is 0 Å². The van der Waals surface area contributed by atoms with Gasteiger partial charge in [-0.15, -0.1) is 0 Å². The highest BCUT2D eigenvalue weighted by Crippen LogP contribution is 2.23. The van der Waals surface area contributed by atoms with E-state index in [4.69, 9.17) is 16.1 Å². The standard InChI is InChI=1S/C24H24ClN5O3/c1-29(24(32)26-13-17-12-15-11-16(25)8-9-20(15)27-17)18-5-4-10-30(14-18)23(31)22-19-6-2-3-7-21(19)28-33-22/h2-3,6-9,11-12,18,27H,4-5,10,13-14H2,1H3,(H,26,32). The first-order valence-electron chi connectivity index (χ1n) is 10.9. The predicted octanol–water partition coefficient (Wildman–Crippen LogP) is 4.41. The van der Waals surface area contributed by atoms with Gasteiger partial charge in [0.1, 0.15) is 5.52 Å². The lowest BCUT2D eigenvalue weighted by atomic mass is 10.0. The number of likely N-dealkylation sites (N-methyl/N-ethyl adjacent to an activating group) is 1. The van der Waals surface area contributed by atoms with E-state index in [1.165, 1.54) is 0 Å². The van der Waals surface area contributed by atoms with E-state index in [0.717, 1.165) is 29.4 Å². The zero-order valence-electron chi connectivity index (χ0n) is 18.2. The van der Waals surface area contributed by atoms with Crippen molar-refractivity contribution in [3.05, 3.63) is 65.0 Å². The van der Waals surface area contributed by atoms with Crippen molar-refractivity contribution >= 4 is 45.3 Å². The van der Waals surface area contributed by atoms with Crippen molar-refractivity contribution in [1.29, 1.82) is 0 Å². The summed E-state index contributed by atoms with van der Waals surface area (Å²) in [5.41, 5.74) is 2.52. The third kappa shape index (κ3) is 4.26. The summed E-state index contributed by atoms with van der Waals surface area (Å²) in [6, 6.07) is 14.7. The highest BCUT2D eigenvalue weighted by Gasteiger charge is 2.31. The van der Waals surface area contributed by atoms with Crippen LogP contribution in [0.2, 0.25) is 5.02 Å². The lowest BCUT2D eigenvalue weighted by molar-refractivity contribution is 0.0599. The largest absolute Gasteiger partial charge is 0.357 e. The number of carbonyl (C=O) groups is 2. The number of nitrogens with one attached hydrogen (secondary N) is 2. The lowest BCUT2D eigenvalue weighted by Crippen LogP contribution is -2.52. The molecule has 8 nitrogen and oxygen atoms in total. The van der Waals surface area contributed by atoms with Crippen molar-refractivity contribution in [2.45, 2.75) is 25.4 Å². The zero-order chi connectivity index (χ0) is 22.9. The van der Waals surface area contributed by atoms with Crippen LogP contribution in [0.25, 0.3) is 21.8 Å². The van der Waals surface area contributed by atoms with E-state index in [-0.39, 0.29) is 23.7 Å². The van der Waals surface area contributed by atoms with Crippen LogP contribution in [-0.4, -0.2) is 58.1 Å². The summed E-state index contributed by atoms with van der Waals surface area (Å²) in [7, 11) is 1.77. The molecule has 3 amide bonds. The van der Waals surface area contributed by atoms with Crippen LogP contribution in [-0.2, 0) is 6.54 Å². The van der Waals surface area contributed by atoms with Crippen molar-refractivity contribution < 1.29 is 14.1 Å². The molecule has 0 saturated carbocycles. The Morgan fingerprint density at radius 3 is 3.00 bits per heavy atom. The normalized spacial score (nSPS) is 16.3. The minimum Gasteiger partial charge on any atom is -0.357 e. The molecule has 1 aliphatic rings. The summed E-state index contributed by atoms with van der Waals surface area (Å²) < 4.78 is 5.35. The van der Waals surface area contributed by atoms with Crippen molar-refractivity contribution in [2.24, 2.45) is 0 Å². The molecule has 2 aromatic heterocycles. The number of amides is 3. The van der Waals surface area contributed by atoms with E-state index in [2.05, 4.69) is 15.5 Å². The Labute approximate surface area is 195 Å². The molecular weight excluding hydrogens is 442 g/mol. The van der Waals surface area contributed by atoms with Crippen molar-refractivity contribution in [3.63, 3.8) is 0 Å². The first kappa shape index (κ1) is 21.3. The second kappa shape index (κ2) is 8.78. The molecule has 1 fully saturated rings. The number of urea groups is 1. The van der Waals surface area contributed by atoms with Gasteiger partial charge in [0.25, 0.3) is 5.91 Å². The first-order valence-corrected chi connectivity index (χ1v) is 11.3. The maximum atomic E-state index is 13.1. The number of hydrogen-bond donors (Lipinski definition) is 2. The van der Waals surface area contributed by atoms with Gasteiger partial charge in [0.05, 0.1) is 18.0 Å². The van der Waals surface area contributed by atoms with Gasteiger partial charge in [-0.3, -0.25) is 4.79 Å². The molecule has 0 radical (unpaired) electrons. The summed E-state index contributed by atoms with van der Waals surface area (Å²) in [6.07, 6.45) is 1.64. The smallest absolute Gasteiger partial charge is 0.317 e. The van der Waals surface area contributed by atoms with Gasteiger partial charge in [0.15, 0.2) is 0 Å². The molecule has 170 valence electrons. The number of nitrogens with zero attached hydrogens (tertiary/aromatic N) is 3. The molecule has 3 heterocycles. The molecule has 0 spiro atoms. The number of rotatable bonds is 4. The van der Waals surface area contributed by atoms with Gasteiger partial charge in [-0.2, -0.15) is 0 Å². The number of halogens is 1. The van der Waals surface area contributed by atoms with Crippen LogP contribution in [0.1, 0.15) is 29.1 Å². The fourth-order valence-corrected chi connectivity index (χ4v) is 4.54. The molecule has 0 bridgehead atoms. The summed E-state index contributed by atoms with van der Waals surface area (Å²) in [6.45, 7) is 1.44. The van der Waals surface area contributed by atoms with E-state index >= 15 is 0 Å². The van der Waals surface area contributed by atoms with Crippen molar-refractivity contribution in [1.82, 2.24) is 25.3 Å². The number of aromatic amines is 1. The number of piperidine rings is 1. The number of benzene rings is 2. The Bertz CT molecular complexity index is 1330. The third-order valence-electron chi connectivity index (χ3n) is 6.20. The SMILES string of the molecule is CN(C(=O)NCc1cc2cc(Cl)ccc2[nH]1)C1CCCN(C(=O)c2onc3ccccc23)C1. The predicted molar refractivity (Wildman–Crippen MR) is 126 cm³/mol. The Morgan fingerprint density at radius 2 is 2.12 bits per heavy atom. The van der Waals surface area contributed by atoms with Crippen LogP contribution >= 0.6 is 11.6 Å². The van der Waals surface area contributed by atoms with E-state index in [9.17, 15) is 9.59 Å². The van der Waals surface area contributed by atoms with Crippen LogP contribution in [0.4, 0.5) is 4.79 Å². The molecule has 1 atom stereocenters. The molecule has 2 aromatic carbocycles. The van der Waals surface area contributed by atoms with Gasteiger partial charge < -0.3 is 24.6 Å². The molecule has 1 saturated heterocycles. The maximum absolute atomic E-state index is 13.1. The molecule has 5 rings (SSSR count). The average molecular weight is 466 g/mol. The number of fused-ring (bicyclic) bond motifs is 2. The Kier molecular flexibility index (Phi) is 5.68. The van der Waals surface area contributed by atoms with Crippen LogP contribution in [0.5, 0.6) is 0 Å². The van der Waals surface area contributed by atoms with Crippen molar-refractivity contribution in [2.75, 3.05) is 20.1 Å². The second-order valence-electron chi connectivity index (χ2n) is 8.37. The van der Waals surface area contributed by atoms with Crippen LogP contribution in [0, 0.1) is 0 Å². The van der Waals surface area contributed by atoms with Gasteiger partial charge >= 0.3 is 6.03 Å². The van der Waals surface area contributed by atoms with E-state index in [1.54, 1.807) is 16.8 Å². The second-order valence-corrected chi connectivity index (χ2v) is 8.81. The number of hydrogen-bond acceptors (Lipinski definition) is 4. The Hall–Kier alpha value is -3.52. The molecule has 2 N–H and O–H groups in total. The summed E-state index contributed by atoms with van der Waals surface area (Å²) in [4.78, 5) is 32.6. The number of aromatic nitrogens is 2. The molecule has 1 unspecified atom stereocenters. The highest BCUT2D eigenvalue weighted by molar-refractivity contribution is 6.31. The monoisotopic (exact) mass is 465 g/mol. The number of H-pyrrole nitrogens is 1. The Morgan fingerprint density at radius 1 is 1.27 bits per heavy atom. The van der Waals surface area contributed by atoms with Crippen molar-refractivity contribution in [3.8, 4) is 0 Å². The molecular formula is C24H24ClN5O3. The fraction of sp³-hybridized carbons (Fsp3) is 0.292. The minimum atomic E-state index is -0.195. The van der Waals surface area contributed by atoms with Gasteiger partial charge in [-0.1, -0.05) is 28.9 Å². The molecule has 0 aliphatic carbocycles. The first-order chi connectivity index (χ1) is 16.0. The zero-order valence-corrected chi connectivity index (χ0v) is 18.9. The fourth-order valence-electron chi connectivity index (χ4n) is 4.36. The summed E-state index contributed by atoms with van der Waals surface area (Å²) in [5, 5.41) is 9.32. The average Bonchev–Trinajstić information content (AvgIpc) is 3.45. The maximum Gasteiger partial charge on any atom is 0.317 e. The minimum absolute atomic E-state index is 0.0848. The lowest BCUT2D eigenvalue weighted by Gasteiger charge is -2.37. The quantitative estimate of drug-likeness (QED) is 0.466. The summed E-state index contributed by atoms with van der Waals surface area (Å²) in [5.74, 6) is 0.0520. The highest BCUT2D eigenvalue weighted by atomic mass is 35.5. The topological polar surface area (TPSA) is 94.5 Å². The summed E-state index contributed by atoms with van der Waals surface area (Å²) >= 11 is 6.05. The van der Waals surface area contributed by atoms with Gasteiger partial charge in [0.2, 0.25) is 5.76 Å².